The molecule has 0 aliphatic heterocycles. The normalized spacial score (nSPS) is 22.8. The van der Waals surface area contributed by atoms with Gasteiger partial charge in [-0.2, -0.15) is 0 Å². The molecule has 3 heteroatoms. The van der Waals surface area contributed by atoms with E-state index in [1.165, 1.54) is 24.8 Å². The summed E-state index contributed by atoms with van der Waals surface area (Å²) < 4.78 is 0. The highest BCUT2D eigenvalue weighted by Crippen LogP contribution is 2.23. The summed E-state index contributed by atoms with van der Waals surface area (Å²) in [6.07, 6.45) is 4.93. The van der Waals surface area contributed by atoms with Crippen LogP contribution in [0.4, 0.5) is 0 Å². The van der Waals surface area contributed by atoms with Crippen molar-refractivity contribution >= 4 is 5.91 Å². The molecule has 3 nitrogen and oxygen atoms in total. The van der Waals surface area contributed by atoms with E-state index in [4.69, 9.17) is 0 Å². The molecule has 1 aliphatic rings. The van der Waals surface area contributed by atoms with Gasteiger partial charge < -0.3 is 5.32 Å². The zero-order valence-corrected chi connectivity index (χ0v) is 12.6. The van der Waals surface area contributed by atoms with Gasteiger partial charge in [0.1, 0.15) is 0 Å². The van der Waals surface area contributed by atoms with E-state index in [9.17, 15) is 4.79 Å². The molecule has 2 unspecified atom stereocenters. The lowest BCUT2D eigenvalue weighted by atomic mass is 9.86. The second kappa shape index (κ2) is 7.44. The predicted octanol–water partition coefficient (Wildman–Crippen LogP) is 2.81. The van der Waals surface area contributed by atoms with E-state index in [2.05, 4.69) is 29.3 Å². The Labute approximate surface area is 122 Å². The summed E-state index contributed by atoms with van der Waals surface area (Å²) in [6, 6.07) is 10.6. The van der Waals surface area contributed by atoms with Gasteiger partial charge in [0.15, 0.2) is 0 Å². The first kappa shape index (κ1) is 15.0. The number of benzene rings is 1. The summed E-state index contributed by atoms with van der Waals surface area (Å²) in [4.78, 5) is 14.2. The molecule has 2 atom stereocenters. The molecule has 1 saturated carbocycles. The highest BCUT2D eigenvalue weighted by Gasteiger charge is 2.22. The van der Waals surface area contributed by atoms with Gasteiger partial charge in [-0.3, -0.25) is 9.69 Å². The van der Waals surface area contributed by atoms with E-state index in [0.29, 0.717) is 18.5 Å². The van der Waals surface area contributed by atoms with Crippen molar-refractivity contribution in [2.24, 2.45) is 5.92 Å². The molecule has 0 bridgehead atoms. The van der Waals surface area contributed by atoms with Gasteiger partial charge in [-0.15, -0.1) is 0 Å². The van der Waals surface area contributed by atoms with Crippen LogP contribution >= 0.6 is 0 Å². The van der Waals surface area contributed by atoms with Crippen LogP contribution in [0.15, 0.2) is 30.3 Å². The Morgan fingerprint density at radius 3 is 2.65 bits per heavy atom. The maximum absolute atomic E-state index is 12.1. The highest BCUT2D eigenvalue weighted by molar-refractivity contribution is 5.78. The van der Waals surface area contributed by atoms with Gasteiger partial charge in [-0.1, -0.05) is 50.1 Å². The van der Waals surface area contributed by atoms with E-state index >= 15 is 0 Å². The van der Waals surface area contributed by atoms with Crippen LogP contribution in [-0.4, -0.2) is 30.4 Å². The third-order valence-corrected chi connectivity index (χ3v) is 4.17. The number of rotatable bonds is 5. The number of carbonyl (C=O) groups excluding carboxylic acids is 1. The Morgan fingerprint density at radius 2 is 1.95 bits per heavy atom. The average Bonchev–Trinajstić information content (AvgIpc) is 2.42. The maximum atomic E-state index is 12.1. The van der Waals surface area contributed by atoms with Crippen LogP contribution in [0.25, 0.3) is 0 Å². The van der Waals surface area contributed by atoms with Gasteiger partial charge in [0.2, 0.25) is 5.91 Å². The van der Waals surface area contributed by atoms with Crippen LogP contribution in [0.1, 0.15) is 38.2 Å². The lowest BCUT2D eigenvalue weighted by molar-refractivity contribution is -0.123. The Bertz CT molecular complexity index is 418. The van der Waals surface area contributed by atoms with Crippen molar-refractivity contribution in [1.82, 2.24) is 10.2 Å². The monoisotopic (exact) mass is 274 g/mol. The second-order valence-corrected chi connectivity index (χ2v) is 6.09. The molecule has 0 radical (unpaired) electrons. The maximum Gasteiger partial charge on any atom is 0.234 e. The fourth-order valence-electron chi connectivity index (χ4n) is 2.98. The Hall–Kier alpha value is -1.35. The number of hydrogen-bond acceptors (Lipinski definition) is 2. The SMILES string of the molecule is CC1CCCCC1NC(=O)CN(C)Cc1ccccc1. The molecular formula is C17H26N2O. The molecule has 1 aliphatic carbocycles. The second-order valence-electron chi connectivity index (χ2n) is 6.09. The lowest BCUT2D eigenvalue weighted by Crippen LogP contribution is -2.44. The van der Waals surface area contributed by atoms with Crippen LogP contribution < -0.4 is 5.32 Å². The lowest BCUT2D eigenvalue weighted by Gasteiger charge is -2.30. The number of nitrogens with one attached hydrogen (secondary N) is 1. The Morgan fingerprint density at radius 1 is 1.25 bits per heavy atom. The van der Waals surface area contributed by atoms with Gasteiger partial charge >= 0.3 is 0 Å². The number of amides is 1. The van der Waals surface area contributed by atoms with Crippen molar-refractivity contribution in [3.63, 3.8) is 0 Å². The summed E-state index contributed by atoms with van der Waals surface area (Å²) in [6.45, 7) is 3.53. The highest BCUT2D eigenvalue weighted by atomic mass is 16.2. The molecule has 1 aromatic rings. The minimum absolute atomic E-state index is 0.155. The van der Waals surface area contributed by atoms with Crippen LogP contribution in [0.3, 0.4) is 0 Å². The minimum Gasteiger partial charge on any atom is -0.352 e. The first-order chi connectivity index (χ1) is 9.65. The zero-order chi connectivity index (χ0) is 14.4. The third-order valence-electron chi connectivity index (χ3n) is 4.17. The molecule has 1 amide bonds. The first-order valence-corrected chi connectivity index (χ1v) is 7.67. The summed E-state index contributed by atoms with van der Waals surface area (Å²) in [5.41, 5.74) is 1.24. The topological polar surface area (TPSA) is 32.3 Å². The van der Waals surface area contributed by atoms with Crippen molar-refractivity contribution in [1.29, 1.82) is 0 Å². The minimum atomic E-state index is 0.155. The fourth-order valence-corrected chi connectivity index (χ4v) is 2.98. The number of hydrogen-bond donors (Lipinski definition) is 1. The first-order valence-electron chi connectivity index (χ1n) is 7.67. The molecular weight excluding hydrogens is 248 g/mol. The summed E-state index contributed by atoms with van der Waals surface area (Å²) in [5, 5.41) is 3.20. The van der Waals surface area contributed by atoms with Crippen LogP contribution in [0.2, 0.25) is 0 Å². The van der Waals surface area contributed by atoms with Crippen LogP contribution in [0.5, 0.6) is 0 Å². The van der Waals surface area contributed by atoms with Gasteiger partial charge in [0.25, 0.3) is 0 Å². The van der Waals surface area contributed by atoms with E-state index in [0.717, 1.165) is 13.0 Å². The fraction of sp³-hybridized carbons (Fsp3) is 0.588. The largest absolute Gasteiger partial charge is 0.352 e. The quantitative estimate of drug-likeness (QED) is 0.895. The van der Waals surface area contributed by atoms with Crippen molar-refractivity contribution in [3.8, 4) is 0 Å². The molecule has 0 saturated heterocycles. The third kappa shape index (κ3) is 4.64. The summed E-state index contributed by atoms with van der Waals surface area (Å²) in [7, 11) is 2.00. The summed E-state index contributed by atoms with van der Waals surface area (Å²) >= 11 is 0. The van der Waals surface area contributed by atoms with E-state index in [-0.39, 0.29) is 5.91 Å². The van der Waals surface area contributed by atoms with Crippen LogP contribution in [-0.2, 0) is 11.3 Å². The molecule has 1 aromatic carbocycles. The molecule has 1 fully saturated rings. The smallest absolute Gasteiger partial charge is 0.234 e. The summed E-state index contributed by atoms with van der Waals surface area (Å²) in [5.74, 6) is 0.773. The zero-order valence-electron chi connectivity index (χ0n) is 12.6. The van der Waals surface area contributed by atoms with Gasteiger partial charge in [0, 0.05) is 12.6 Å². The van der Waals surface area contributed by atoms with E-state index in [1.807, 2.05) is 25.2 Å². The van der Waals surface area contributed by atoms with Gasteiger partial charge in [-0.25, -0.2) is 0 Å². The molecule has 0 spiro atoms. The van der Waals surface area contributed by atoms with Crippen LogP contribution in [0, 0.1) is 5.92 Å². The van der Waals surface area contributed by atoms with Crippen molar-refractivity contribution in [2.45, 2.75) is 45.2 Å². The number of nitrogens with zero attached hydrogens (tertiary/aromatic N) is 1. The molecule has 110 valence electrons. The molecule has 0 heterocycles. The average molecular weight is 274 g/mol. The number of carbonyl (C=O) groups is 1. The molecule has 20 heavy (non-hydrogen) atoms. The Kier molecular flexibility index (Phi) is 5.60. The number of likely N-dealkylation sites (N-methyl/N-ethyl adjacent to an activating group) is 1. The van der Waals surface area contributed by atoms with Crippen molar-refractivity contribution < 1.29 is 4.79 Å². The van der Waals surface area contributed by atoms with E-state index in [1.54, 1.807) is 0 Å². The van der Waals surface area contributed by atoms with Crippen molar-refractivity contribution in [2.75, 3.05) is 13.6 Å². The molecule has 2 rings (SSSR count). The molecule has 1 N–H and O–H groups in total. The standard InChI is InChI=1S/C17H26N2O/c1-14-8-6-7-11-16(14)18-17(20)13-19(2)12-15-9-4-3-5-10-15/h3-5,9-10,14,16H,6-8,11-13H2,1-2H3,(H,18,20). The Balaban J connectivity index is 1.76. The van der Waals surface area contributed by atoms with E-state index < -0.39 is 0 Å². The van der Waals surface area contributed by atoms with Crippen molar-refractivity contribution in [3.05, 3.63) is 35.9 Å². The van der Waals surface area contributed by atoms with Gasteiger partial charge in [-0.05, 0) is 31.4 Å². The van der Waals surface area contributed by atoms with Gasteiger partial charge in [0.05, 0.1) is 6.54 Å². The molecule has 0 aromatic heterocycles. The predicted molar refractivity (Wildman–Crippen MR) is 82.3 cm³/mol.